The van der Waals surface area contributed by atoms with Crippen LogP contribution in [0.3, 0.4) is 0 Å². The van der Waals surface area contributed by atoms with E-state index < -0.39 is 11.0 Å². The zero-order chi connectivity index (χ0) is 16.5. The molecular formula is C12H13N5O4S. The summed E-state index contributed by atoms with van der Waals surface area (Å²) in [6, 6.07) is 3.99. The minimum absolute atomic E-state index is 0.0616. The minimum atomic E-state index is -0.705. The molecule has 2 N–H and O–H groups in total. The molecule has 0 saturated heterocycles. The molecule has 10 heteroatoms. The Kier molecular flexibility index (Phi) is 6.65. The van der Waals surface area contributed by atoms with Crippen LogP contribution in [-0.2, 0) is 4.74 Å². The number of amides is 1. The average Bonchev–Trinajstić information content (AvgIpc) is 2.48. The van der Waals surface area contributed by atoms with Crippen LogP contribution in [0.4, 0.5) is 21.9 Å². The predicted octanol–water partition coefficient (Wildman–Crippen LogP) is 2.58. The van der Waals surface area contributed by atoms with Crippen molar-refractivity contribution in [1.82, 2.24) is 5.32 Å². The summed E-state index contributed by atoms with van der Waals surface area (Å²) in [5.74, 6) is 0. The summed E-state index contributed by atoms with van der Waals surface area (Å²) < 4.78 is 4.69. The predicted molar refractivity (Wildman–Crippen MR) is 83.1 cm³/mol. The van der Waals surface area contributed by atoms with Gasteiger partial charge in [-0.25, -0.2) is 9.79 Å². The van der Waals surface area contributed by atoms with E-state index in [2.05, 4.69) is 15.6 Å². The van der Waals surface area contributed by atoms with Gasteiger partial charge in [0.1, 0.15) is 5.69 Å². The number of aliphatic imine (C=N–C) groups is 1. The summed E-state index contributed by atoms with van der Waals surface area (Å²) >= 11 is 1.14. The summed E-state index contributed by atoms with van der Waals surface area (Å²) in [7, 11) is 0. The minimum Gasteiger partial charge on any atom is -0.450 e. The van der Waals surface area contributed by atoms with Crippen molar-refractivity contribution in [3.05, 3.63) is 28.3 Å². The quantitative estimate of drug-likeness (QED) is 0.217. The summed E-state index contributed by atoms with van der Waals surface area (Å²) in [6.45, 7) is 1.83. The van der Waals surface area contributed by atoms with Gasteiger partial charge in [-0.3, -0.25) is 20.7 Å². The second-order valence-electron chi connectivity index (χ2n) is 3.66. The summed E-state index contributed by atoms with van der Waals surface area (Å²) in [4.78, 5) is 25.8. The number of benzene rings is 1. The van der Waals surface area contributed by atoms with Gasteiger partial charge in [0.05, 0.1) is 17.2 Å². The first-order chi connectivity index (χ1) is 10.5. The highest BCUT2D eigenvalue weighted by molar-refractivity contribution is 8.13. The van der Waals surface area contributed by atoms with E-state index in [9.17, 15) is 14.9 Å². The van der Waals surface area contributed by atoms with Gasteiger partial charge in [0.2, 0.25) is 0 Å². The Balaban J connectivity index is 3.13. The molecule has 0 aliphatic heterocycles. The average molecular weight is 323 g/mol. The standard InChI is InChI=1S/C12H13N5O4S/c1-3-21-12(18)15-8-4-5-9(10(6-8)17(19)20)16-11(22-2)14-7-13/h4-6H,3H2,1-2H3,(H,14,16)(H,15,18). The molecular weight excluding hydrogens is 310 g/mol. The normalized spacial score (nSPS) is 10.5. The van der Waals surface area contributed by atoms with Gasteiger partial charge in [-0.1, -0.05) is 11.8 Å². The van der Waals surface area contributed by atoms with Gasteiger partial charge in [0.25, 0.3) is 5.69 Å². The smallest absolute Gasteiger partial charge is 0.411 e. The van der Waals surface area contributed by atoms with Gasteiger partial charge in [-0.15, -0.1) is 0 Å². The number of carbonyl (C=O) groups is 1. The van der Waals surface area contributed by atoms with Gasteiger partial charge in [-0.05, 0) is 25.3 Å². The maximum absolute atomic E-state index is 11.3. The molecule has 9 nitrogen and oxygen atoms in total. The number of hydrogen-bond donors (Lipinski definition) is 2. The highest BCUT2D eigenvalue weighted by Gasteiger charge is 2.16. The monoisotopic (exact) mass is 323 g/mol. The summed E-state index contributed by atoms with van der Waals surface area (Å²) in [6.07, 6.45) is 2.66. The number of nitro groups is 1. The molecule has 0 aliphatic rings. The lowest BCUT2D eigenvalue weighted by molar-refractivity contribution is -0.384. The first kappa shape index (κ1) is 17.3. The Hall–Kier alpha value is -2.80. The molecule has 0 fully saturated rings. The fourth-order valence-electron chi connectivity index (χ4n) is 1.41. The van der Waals surface area contributed by atoms with Gasteiger partial charge >= 0.3 is 6.09 Å². The lowest BCUT2D eigenvalue weighted by atomic mass is 10.2. The highest BCUT2D eigenvalue weighted by atomic mass is 32.2. The number of thioether (sulfide) groups is 1. The van der Waals surface area contributed by atoms with Crippen LogP contribution in [0.2, 0.25) is 0 Å². The lowest BCUT2D eigenvalue weighted by Gasteiger charge is -2.06. The second-order valence-corrected chi connectivity index (χ2v) is 4.46. The van der Waals surface area contributed by atoms with E-state index in [-0.39, 0.29) is 28.8 Å². The highest BCUT2D eigenvalue weighted by Crippen LogP contribution is 2.31. The molecule has 116 valence electrons. The number of ether oxygens (including phenoxy) is 1. The van der Waals surface area contributed by atoms with E-state index in [1.165, 1.54) is 18.2 Å². The molecule has 0 saturated carbocycles. The van der Waals surface area contributed by atoms with Gasteiger partial charge in [0.15, 0.2) is 11.4 Å². The van der Waals surface area contributed by atoms with Crippen LogP contribution >= 0.6 is 11.8 Å². The number of carbonyl (C=O) groups excluding carboxylic acids is 1. The lowest BCUT2D eigenvalue weighted by Crippen LogP contribution is -2.13. The number of nitrogens with one attached hydrogen (secondary N) is 2. The molecule has 1 rings (SSSR count). The number of hydrogen-bond acceptors (Lipinski definition) is 7. The van der Waals surface area contributed by atoms with Gasteiger partial charge < -0.3 is 4.74 Å². The molecule has 0 radical (unpaired) electrons. The molecule has 1 aromatic carbocycles. The van der Waals surface area contributed by atoms with Crippen LogP contribution in [0.25, 0.3) is 0 Å². The van der Waals surface area contributed by atoms with Crippen molar-refractivity contribution < 1.29 is 14.5 Å². The van der Waals surface area contributed by atoms with Crippen LogP contribution in [0.5, 0.6) is 0 Å². The Bertz CT molecular complexity index is 641. The maximum Gasteiger partial charge on any atom is 0.411 e. The van der Waals surface area contributed by atoms with E-state index in [0.717, 1.165) is 11.8 Å². The van der Waals surface area contributed by atoms with Crippen LogP contribution in [0.15, 0.2) is 23.2 Å². The Morgan fingerprint density at radius 2 is 2.32 bits per heavy atom. The zero-order valence-electron chi connectivity index (χ0n) is 11.8. The van der Waals surface area contributed by atoms with Gasteiger partial charge in [-0.2, -0.15) is 5.26 Å². The number of anilines is 1. The topological polar surface area (TPSA) is 130 Å². The van der Waals surface area contributed by atoms with Gasteiger partial charge in [0, 0.05) is 6.07 Å². The largest absolute Gasteiger partial charge is 0.450 e. The molecule has 0 atom stereocenters. The van der Waals surface area contributed by atoms with Crippen molar-refractivity contribution in [3.63, 3.8) is 0 Å². The third-order valence-electron chi connectivity index (χ3n) is 2.27. The molecule has 0 aliphatic carbocycles. The summed E-state index contributed by atoms with van der Waals surface area (Å²) in [5.41, 5.74) is -0.0323. The first-order valence-corrected chi connectivity index (χ1v) is 7.24. The van der Waals surface area contributed by atoms with Crippen LogP contribution in [0, 0.1) is 21.6 Å². The first-order valence-electron chi connectivity index (χ1n) is 6.01. The van der Waals surface area contributed by atoms with Crippen molar-refractivity contribution in [2.45, 2.75) is 6.92 Å². The van der Waals surface area contributed by atoms with E-state index >= 15 is 0 Å². The number of nitro benzene ring substituents is 1. The number of amidine groups is 1. The second kappa shape index (κ2) is 8.48. The Morgan fingerprint density at radius 1 is 1.59 bits per heavy atom. The third-order valence-corrected chi connectivity index (χ3v) is 2.85. The number of rotatable bonds is 4. The molecule has 1 amide bonds. The molecule has 0 aromatic heterocycles. The Labute approximate surface area is 130 Å². The third kappa shape index (κ3) is 4.95. The van der Waals surface area contributed by atoms with E-state index in [4.69, 9.17) is 10.00 Å². The molecule has 0 heterocycles. The maximum atomic E-state index is 11.3. The zero-order valence-corrected chi connectivity index (χ0v) is 12.6. The number of nitriles is 1. The molecule has 1 aromatic rings. The Morgan fingerprint density at radius 3 is 2.86 bits per heavy atom. The van der Waals surface area contributed by atoms with E-state index in [1.807, 2.05) is 0 Å². The van der Waals surface area contributed by atoms with Crippen LogP contribution in [0.1, 0.15) is 6.92 Å². The SMILES string of the molecule is CCOC(=O)Nc1ccc(N=C(NC#N)SC)c([N+](=O)[O-])c1. The summed E-state index contributed by atoms with van der Waals surface area (Å²) in [5, 5.41) is 24.6. The molecule has 0 unspecified atom stereocenters. The van der Waals surface area contributed by atoms with Crippen molar-refractivity contribution in [2.75, 3.05) is 18.2 Å². The molecule has 0 spiro atoms. The van der Waals surface area contributed by atoms with Crippen molar-refractivity contribution >= 4 is 40.1 Å². The fraction of sp³-hybridized carbons (Fsp3) is 0.250. The van der Waals surface area contributed by atoms with E-state index in [0.29, 0.717) is 0 Å². The van der Waals surface area contributed by atoms with Crippen LogP contribution in [-0.4, -0.2) is 29.0 Å². The molecule has 22 heavy (non-hydrogen) atoms. The van der Waals surface area contributed by atoms with Crippen molar-refractivity contribution in [1.29, 1.82) is 5.26 Å². The number of nitrogens with zero attached hydrogens (tertiary/aromatic N) is 3. The van der Waals surface area contributed by atoms with E-state index in [1.54, 1.807) is 19.4 Å². The molecule has 0 bridgehead atoms. The van der Waals surface area contributed by atoms with Crippen molar-refractivity contribution in [2.24, 2.45) is 4.99 Å². The van der Waals surface area contributed by atoms with Crippen LogP contribution < -0.4 is 10.6 Å². The fourth-order valence-corrected chi connectivity index (χ4v) is 1.75. The van der Waals surface area contributed by atoms with Crippen molar-refractivity contribution in [3.8, 4) is 6.19 Å².